The van der Waals surface area contributed by atoms with Crippen molar-refractivity contribution >= 4 is 17.8 Å². The van der Waals surface area contributed by atoms with Gasteiger partial charge < -0.3 is 14.6 Å². The molecule has 1 aliphatic rings. The molecule has 1 aromatic carbocycles. The number of aromatic hydroxyl groups is 1. The number of carbonyl (C=O) groups is 1. The average Bonchev–Trinajstić information content (AvgIpc) is 2.68. The van der Waals surface area contributed by atoms with E-state index in [0.717, 1.165) is 0 Å². The molecule has 20 heavy (non-hydrogen) atoms. The lowest BCUT2D eigenvalue weighted by molar-refractivity contribution is -0.121. The Morgan fingerprint density at radius 1 is 1.25 bits per heavy atom. The molecule has 106 valence electrons. The van der Waals surface area contributed by atoms with Crippen molar-refractivity contribution in [3.63, 3.8) is 0 Å². The van der Waals surface area contributed by atoms with Crippen LogP contribution in [0.25, 0.3) is 6.08 Å². The number of phenols is 1. The van der Waals surface area contributed by atoms with Gasteiger partial charge in [-0.15, -0.1) is 0 Å². The van der Waals surface area contributed by atoms with Crippen molar-refractivity contribution in [3.8, 4) is 17.2 Å². The summed E-state index contributed by atoms with van der Waals surface area (Å²) < 4.78 is 10.1. The summed E-state index contributed by atoms with van der Waals surface area (Å²) in [6.45, 7) is 1.76. The topological polar surface area (TPSA) is 71.4 Å². The molecule has 0 atom stereocenters. The minimum Gasteiger partial charge on any atom is -0.502 e. The van der Waals surface area contributed by atoms with E-state index < -0.39 is 0 Å². The Hall–Kier alpha value is -2.50. The van der Waals surface area contributed by atoms with E-state index in [2.05, 4.69) is 4.99 Å². The third kappa shape index (κ3) is 2.32. The quantitative estimate of drug-likeness (QED) is 0.852. The van der Waals surface area contributed by atoms with Gasteiger partial charge in [0.2, 0.25) is 5.75 Å². The molecular formula is C14H16N2O4. The third-order valence-corrected chi connectivity index (χ3v) is 3.10. The van der Waals surface area contributed by atoms with Gasteiger partial charge in [-0.2, -0.15) is 0 Å². The second-order valence-electron chi connectivity index (χ2n) is 4.33. The Morgan fingerprint density at radius 3 is 2.20 bits per heavy atom. The number of methoxy groups -OCH3 is 2. The fraction of sp³-hybridized carbons (Fsp3) is 0.286. The van der Waals surface area contributed by atoms with E-state index in [-0.39, 0.29) is 23.2 Å². The third-order valence-electron chi connectivity index (χ3n) is 3.10. The zero-order valence-corrected chi connectivity index (χ0v) is 11.8. The average molecular weight is 276 g/mol. The van der Waals surface area contributed by atoms with Crippen molar-refractivity contribution in [2.45, 2.75) is 6.92 Å². The lowest BCUT2D eigenvalue weighted by Crippen LogP contribution is -2.25. The SMILES string of the molecule is COc1cc(/C=C2\N=C(C)N(C)C2=O)cc(OC)c1O. The van der Waals surface area contributed by atoms with E-state index in [1.54, 1.807) is 32.2 Å². The van der Waals surface area contributed by atoms with Gasteiger partial charge in [-0.25, -0.2) is 4.99 Å². The summed E-state index contributed by atoms with van der Waals surface area (Å²) in [5.74, 6) is 0.936. The first-order valence-corrected chi connectivity index (χ1v) is 5.98. The van der Waals surface area contributed by atoms with Crippen molar-refractivity contribution in [1.29, 1.82) is 0 Å². The van der Waals surface area contributed by atoms with Gasteiger partial charge in [0.05, 0.1) is 14.2 Å². The van der Waals surface area contributed by atoms with Crippen molar-refractivity contribution in [2.24, 2.45) is 4.99 Å². The van der Waals surface area contributed by atoms with Crippen LogP contribution in [0.15, 0.2) is 22.8 Å². The zero-order chi connectivity index (χ0) is 14.9. The Balaban J connectivity index is 2.47. The second kappa shape index (κ2) is 5.24. The fourth-order valence-corrected chi connectivity index (χ4v) is 1.86. The largest absolute Gasteiger partial charge is 0.502 e. The highest BCUT2D eigenvalue weighted by Gasteiger charge is 2.24. The Kier molecular flexibility index (Phi) is 3.65. The molecule has 0 saturated carbocycles. The van der Waals surface area contributed by atoms with Gasteiger partial charge in [-0.1, -0.05) is 0 Å². The first-order chi connectivity index (χ1) is 9.47. The van der Waals surface area contributed by atoms with Gasteiger partial charge in [0.1, 0.15) is 11.5 Å². The summed E-state index contributed by atoms with van der Waals surface area (Å²) in [4.78, 5) is 17.6. The summed E-state index contributed by atoms with van der Waals surface area (Å²) >= 11 is 0. The lowest BCUT2D eigenvalue weighted by Gasteiger charge is -2.09. The molecule has 0 saturated heterocycles. The maximum Gasteiger partial charge on any atom is 0.277 e. The van der Waals surface area contributed by atoms with Crippen molar-refractivity contribution in [3.05, 3.63) is 23.4 Å². The Morgan fingerprint density at radius 2 is 1.80 bits per heavy atom. The van der Waals surface area contributed by atoms with Crippen molar-refractivity contribution in [1.82, 2.24) is 4.90 Å². The first kappa shape index (κ1) is 13.9. The van der Waals surface area contributed by atoms with Crippen LogP contribution in [-0.4, -0.2) is 43.0 Å². The van der Waals surface area contributed by atoms with E-state index in [4.69, 9.17) is 9.47 Å². The molecule has 1 aromatic rings. The number of rotatable bonds is 3. The summed E-state index contributed by atoms with van der Waals surface area (Å²) in [5, 5.41) is 9.84. The molecule has 1 aliphatic heterocycles. The molecule has 0 radical (unpaired) electrons. The summed E-state index contributed by atoms with van der Waals surface area (Å²) in [7, 11) is 4.56. The molecule has 0 bridgehead atoms. The number of phenolic OH excluding ortho intramolecular Hbond substituents is 1. The summed E-state index contributed by atoms with van der Waals surface area (Å²) in [6.07, 6.45) is 1.62. The molecule has 1 N–H and O–H groups in total. The van der Waals surface area contributed by atoms with Crippen molar-refractivity contribution in [2.75, 3.05) is 21.3 Å². The Labute approximate surface area is 116 Å². The van der Waals surface area contributed by atoms with E-state index in [1.807, 2.05) is 0 Å². The number of ether oxygens (including phenoxy) is 2. The van der Waals surface area contributed by atoms with Gasteiger partial charge in [-0.3, -0.25) is 9.69 Å². The Bertz CT molecular complexity index is 595. The fourth-order valence-electron chi connectivity index (χ4n) is 1.86. The molecule has 6 nitrogen and oxygen atoms in total. The molecule has 1 amide bonds. The number of amidine groups is 1. The normalized spacial score (nSPS) is 16.6. The molecule has 0 unspecified atom stereocenters. The number of aliphatic imine (C=N–C) groups is 1. The van der Waals surface area contributed by atoms with Gasteiger partial charge in [0.15, 0.2) is 11.5 Å². The number of nitrogens with zero attached hydrogens (tertiary/aromatic N) is 2. The molecule has 0 spiro atoms. The number of benzene rings is 1. The van der Waals surface area contributed by atoms with E-state index in [9.17, 15) is 9.90 Å². The maximum atomic E-state index is 11.9. The monoisotopic (exact) mass is 276 g/mol. The number of hydrogen-bond donors (Lipinski definition) is 1. The van der Waals surface area contributed by atoms with E-state index >= 15 is 0 Å². The molecule has 1 heterocycles. The van der Waals surface area contributed by atoms with Crippen LogP contribution in [0.4, 0.5) is 0 Å². The number of hydrogen-bond acceptors (Lipinski definition) is 5. The molecule has 0 fully saturated rings. The predicted molar refractivity (Wildman–Crippen MR) is 75.1 cm³/mol. The zero-order valence-electron chi connectivity index (χ0n) is 11.8. The molecular weight excluding hydrogens is 260 g/mol. The van der Waals surface area contributed by atoms with E-state index in [1.165, 1.54) is 19.1 Å². The predicted octanol–water partition coefficient (Wildman–Crippen LogP) is 1.64. The number of carbonyl (C=O) groups excluding carboxylic acids is 1. The minimum atomic E-state index is -0.173. The highest BCUT2D eigenvalue weighted by Crippen LogP contribution is 2.37. The molecule has 2 rings (SSSR count). The van der Waals surface area contributed by atoms with Crippen molar-refractivity contribution < 1.29 is 19.4 Å². The van der Waals surface area contributed by atoms with Crippen LogP contribution in [-0.2, 0) is 4.79 Å². The van der Waals surface area contributed by atoms with Crippen LogP contribution in [0.2, 0.25) is 0 Å². The number of amides is 1. The first-order valence-electron chi connectivity index (χ1n) is 5.98. The standard InChI is InChI=1S/C14H16N2O4/c1-8-15-10(14(18)16(8)2)5-9-6-11(19-3)13(17)12(7-9)20-4/h5-7,17H,1-4H3/b10-5-. The van der Waals surface area contributed by atoms with Gasteiger partial charge in [0, 0.05) is 7.05 Å². The van der Waals surface area contributed by atoms with Crippen LogP contribution >= 0.6 is 0 Å². The summed E-state index contributed by atoms with van der Waals surface area (Å²) in [6, 6.07) is 3.22. The van der Waals surface area contributed by atoms with Crippen LogP contribution in [0, 0.1) is 0 Å². The highest BCUT2D eigenvalue weighted by molar-refractivity contribution is 6.13. The van der Waals surface area contributed by atoms with Crippen LogP contribution in [0.5, 0.6) is 17.2 Å². The van der Waals surface area contributed by atoms with Gasteiger partial charge in [-0.05, 0) is 30.7 Å². The second-order valence-corrected chi connectivity index (χ2v) is 4.33. The van der Waals surface area contributed by atoms with Gasteiger partial charge in [0.25, 0.3) is 5.91 Å². The van der Waals surface area contributed by atoms with Crippen LogP contribution < -0.4 is 9.47 Å². The van der Waals surface area contributed by atoms with Gasteiger partial charge >= 0.3 is 0 Å². The highest BCUT2D eigenvalue weighted by atomic mass is 16.5. The maximum absolute atomic E-state index is 11.9. The molecule has 0 aliphatic carbocycles. The molecule has 0 aromatic heterocycles. The van der Waals surface area contributed by atoms with Crippen LogP contribution in [0.1, 0.15) is 12.5 Å². The summed E-state index contributed by atoms with van der Waals surface area (Å²) in [5.41, 5.74) is 0.992. The van der Waals surface area contributed by atoms with E-state index in [0.29, 0.717) is 17.1 Å². The smallest absolute Gasteiger partial charge is 0.277 e. The minimum absolute atomic E-state index is 0.0771. The van der Waals surface area contributed by atoms with Crippen LogP contribution in [0.3, 0.4) is 0 Å². The number of likely N-dealkylation sites (N-methyl/N-ethyl adjacent to an activating group) is 1. The lowest BCUT2D eigenvalue weighted by atomic mass is 10.1. The molecule has 6 heteroatoms.